The molecule has 0 spiro atoms. The molecule has 1 N–H and O–H groups in total. The number of fused-ring (bicyclic) bond motifs is 4. The molecule has 2 amide bonds. The van der Waals surface area contributed by atoms with E-state index in [1.54, 1.807) is 18.2 Å². The summed E-state index contributed by atoms with van der Waals surface area (Å²) < 4.78 is 48.5. The zero-order valence-electron chi connectivity index (χ0n) is 9.43. The summed E-state index contributed by atoms with van der Waals surface area (Å²) in [5, 5.41) is 0.480. The molecule has 1 aromatic carbocycles. The first-order valence-corrected chi connectivity index (χ1v) is 6.75. The van der Waals surface area contributed by atoms with Crippen LogP contribution < -0.4 is 0 Å². The Morgan fingerprint density at radius 3 is 2.58 bits per heavy atom. The Kier molecular flexibility index (Phi) is 2.52. The molecule has 2 aliphatic heterocycles. The molecule has 2 bridgehead atoms. The second-order valence-electron chi connectivity index (χ2n) is 4.24. The summed E-state index contributed by atoms with van der Waals surface area (Å²) in [6.45, 7) is -0.0352. The van der Waals surface area contributed by atoms with Gasteiger partial charge in [-0.25, -0.2) is 9.18 Å². The number of benzene rings is 1. The molecule has 0 aliphatic carbocycles. The van der Waals surface area contributed by atoms with Crippen molar-refractivity contribution in [2.45, 2.75) is 12.3 Å². The van der Waals surface area contributed by atoms with Gasteiger partial charge in [-0.2, -0.15) is 13.5 Å². The molecule has 3 rings (SSSR count). The molecule has 1 aromatic rings. The zero-order chi connectivity index (χ0) is 13.8. The molecule has 7 nitrogen and oxygen atoms in total. The molecule has 19 heavy (non-hydrogen) atoms. The van der Waals surface area contributed by atoms with E-state index in [1.807, 2.05) is 0 Å². The van der Waals surface area contributed by atoms with Crippen LogP contribution in [0.2, 0.25) is 0 Å². The minimum atomic E-state index is -4.84. The van der Waals surface area contributed by atoms with Crippen LogP contribution in [0.3, 0.4) is 0 Å². The van der Waals surface area contributed by atoms with Crippen molar-refractivity contribution >= 4 is 16.4 Å². The third-order valence-corrected chi connectivity index (χ3v) is 3.50. The molecular weight excluding hydrogens is 279 g/mol. The first kappa shape index (κ1) is 12.3. The molecule has 2 heterocycles. The van der Waals surface area contributed by atoms with Crippen molar-refractivity contribution in [3.05, 3.63) is 35.4 Å². The Morgan fingerprint density at radius 1 is 1.32 bits per heavy atom. The van der Waals surface area contributed by atoms with Gasteiger partial charge in [0.25, 0.3) is 0 Å². The van der Waals surface area contributed by atoms with Gasteiger partial charge in [0.05, 0.1) is 6.54 Å². The molecule has 102 valence electrons. The van der Waals surface area contributed by atoms with Crippen LogP contribution in [-0.2, 0) is 14.7 Å². The van der Waals surface area contributed by atoms with Gasteiger partial charge in [0.2, 0.25) is 6.30 Å². The van der Waals surface area contributed by atoms with E-state index in [2.05, 4.69) is 4.28 Å². The Morgan fingerprint density at radius 2 is 1.95 bits per heavy atom. The molecule has 1 fully saturated rings. The van der Waals surface area contributed by atoms with Crippen molar-refractivity contribution in [1.82, 2.24) is 9.96 Å². The van der Waals surface area contributed by atoms with E-state index in [4.69, 9.17) is 4.55 Å². The van der Waals surface area contributed by atoms with Crippen LogP contribution in [0.5, 0.6) is 0 Å². The number of hydroxylamine groups is 2. The maximum absolute atomic E-state index is 14.1. The van der Waals surface area contributed by atoms with Crippen molar-refractivity contribution < 1.29 is 26.4 Å². The lowest BCUT2D eigenvalue weighted by Gasteiger charge is -2.27. The Hall–Kier alpha value is -1.71. The zero-order valence-corrected chi connectivity index (χ0v) is 10.2. The van der Waals surface area contributed by atoms with E-state index >= 15 is 0 Å². The van der Waals surface area contributed by atoms with Crippen molar-refractivity contribution in [2.75, 3.05) is 6.54 Å². The van der Waals surface area contributed by atoms with Crippen LogP contribution in [0, 0.1) is 0 Å². The fraction of sp³-hybridized carbons (Fsp3) is 0.300. The number of halogens is 1. The van der Waals surface area contributed by atoms with Crippen LogP contribution in [0.4, 0.5) is 9.18 Å². The predicted molar refractivity (Wildman–Crippen MR) is 59.6 cm³/mol. The number of rotatable bonds is 2. The van der Waals surface area contributed by atoms with Crippen molar-refractivity contribution in [3.8, 4) is 0 Å². The fourth-order valence-corrected chi connectivity index (χ4v) is 2.77. The number of carbonyl (C=O) groups excluding carboxylic acids is 1. The van der Waals surface area contributed by atoms with Crippen LogP contribution in [-0.4, -0.2) is 35.5 Å². The highest BCUT2D eigenvalue weighted by Gasteiger charge is 2.50. The quantitative estimate of drug-likeness (QED) is 0.652. The average molecular weight is 288 g/mol. The summed E-state index contributed by atoms with van der Waals surface area (Å²) in [7, 11) is -4.84. The molecule has 1 saturated heterocycles. The van der Waals surface area contributed by atoms with Gasteiger partial charge >= 0.3 is 16.4 Å². The van der Waals surface area contributed by atoms with Crippen molar-refractivity contribution in [3.63, 3.8) is 0 Å². The minimum Gasteiger partial charge on any atom is -0.286 e. The summed E-state index contributed by atoms with van der Waals surface area (Å²) >= 11 is 0. The second kappa shape index (κ2) is 3.89. The van der Waals surface area contributed by atoms with Crippen LogP contribution in [0.15, 0.2) is 24.3 Å². The minimum absolute atomic E-state index is 0.0352. The van der Waals surface area contributed by atoms with E-state index in [9.17, 15) is 17.6 Å². The summed E-state index contributed by atoms with van der Waals surface area (Å²) in [5.41, 5.74) is 0.745. The molecule has 9 heteroatoms. The largest absolute Gasteiger partial charge is 0.418 e. The van der Waals surface area contributed by atoms with Crippen molar-refractivity contribution in [2.24, 2.45) is 0 Å². The van der Waals surface area contributed by atoms with Gasteiger partial charge in [0.15, 0.2) is 0 Å². The lowest BCUT2D eigenvalue weighted by Crippen LogP contribution is -2.33. The monoisotopic (exact) mass is 288 g/mol. The maximum Gasteiger partial charge on any atom is 0.418 e. The van der Waals surface area contributed by atoms with Gasteiger partial charge in [-0.15, -0.1) is 4.28 Å². The van der Waals surface area contributed by atoms with E-state index in [0.717, 1.165) is 4.90 Å². The first-order chi connectivity index (χ1) is 8.88. The van der Waals surface area contributed by atoms with Gasteiger partial charge in [-0.3, -0.25) is 9.45 Å². The van der Waals surface area contributed by atoms with Gasteiger partial charge in [0.1, 0.15) is 6.04 Å². The Balaban J connectivity index is 2.07. The molecule has 2 aliphatic rings. The summed E-state index contributed by atoms with van der Waals surface area (Å²) in [5.74, 6) is 0. The van der Waals surface area contributed by atoms with Crippen LogP contribution >= 0.6 is 0 Å². The fourth-order valence-electron chi connectivity index (χ4n) is 2.40. The number of carbonyl (C=O) groups is 1. The maximum atomic E-state index is 14.1. The second-order valence-corrected chi connectivity index (χ2v) is 5.25. The molecule has 2 atom stereocenters. The number of alkyl halides is 1. The van der Waals surface area contributed by atoms with E-state index in [0.29, 0.717) is 10.6 Å². The molecular formula is C10H9FN2O5S. The number of hydrogen-bond acceptors (Lipinski definition) is 4. The van der Waals surface area contributed by atoms with Gasteiger partial charge in [-0.1, -0.05) is 24.3 Å². The predicted octanol–water partition coefficient (Wildman–Crippen LogP) is 1.18. The SMILES string of the molecule is O=C1N2CC(c3ccccc3C2F)N1OS(=O)(=O)O. The highest BCUT2D eigenvalue weighted by molar-refractivity contribution is 7.80. The summed E-state index contributed by atoms with van der Waals surface area (Å²) in [6.07, 6.45) is -1.66. The number of hydrogen-bond donors (Lipinski definition) is 1. The standard InChI is InChI=1S/C10H9FN2O5S/c11-9-7-4-2-1-3-6(7)8-5-12(9)10(14)13(8)18-19(15,16)17/h1-4,8-9H,5H2,(H,15,16,17). The summed E-state index contributed by atoms with van der Waals surface area (Å²) in [6, 6.07) is 4.67. The molecule has 2 unspecified atom stereocenters. The van der Waals surface area contributed by atoms with Crippen LogP contribution in [0.1, 0.15) is 23.5 Å². The lowest BCUT2D eigenvalue weighted by molar-refractivity contribution is -0.0318. The normalized spacial score (nSPS) is 25.7. The van der Waals surface area contributed by atoms with Gasteiger partial charge in [0, 0.05) is 5.56 Å². The molecule has 0 saturated carbocycles. The lowest BCUT2D eigenvalue weighted by atomic mass is 9.96. The summed E-state index contributed by atoms with van der Waals surface area (Å²) in [4.78, 5) is 12.7. The van der Waals surface area contributed by atoms with E-state index < -0.39 is 28.8 Å². The van der Waals surface area contributed by atoms with Gasteiger partial charge < -0.3 is 0 Å². The number of amides is 2. The Labute approximate surface area is 108 Å². The first-order valence-electron chi connectivity index (χ1n) is 5.38. The molecule has 0 aromatic heterocycles. The smallest absolute Gasteiger partial charge is 0.286 e. The highest BCUT2D eigenvalue weighted by atomic mass is 32.3. The van der Waals surface area contributed by atoms with Crippen LogP contribution in [0.25, 0.3) is 0 Å². The highest BCUT2D eigenvalue weighted by Crippen LogP contribution is 2.44. The topological polar surface area (TPSA) is 87.2 Å². The van der Waals surface area contributed by atoms with Crippen molar-refractivity contribution in [1.29, 1.82) is 0 Å². The number of nitrogens with zero attached hydrogens (tertiary/aromatic N) is 2. The van der Waals surface area contributed by atoms with Gasteiger partial charge in [-0.05, 0) is 5.56 Å². The number of urea groups is 1. The average Bonchev–Trinajstić information content (AvgIpc) is 2.61. The third kappa shape index (κ3) is 1.86. The van der Waals surface area contributed by atoms with E-state index in [1.165, 1.54) is 6.07 Å². The third-order valence-electron chi connectivity index (χ3n) is 3.15. The van der Waals surface area contributed by atoms with E-state index in [-0.39, 0.29) is 12.1 Å². The molecule has 0 radical (unpaired) electrons. The Bertz CT molecular complexity index is 649.